The Hall–Kier alpha value is -1.35. The minimum atomic E-state index is -0.101. The zero-order chi connectivity index (χ0) is 14.6. The second-order valence-corrected chi connectivity index (χ2v) is 6.15. The van der Waals surface area contributed by atoms with Crippen LogP contribution in [0.5, 0.6) is 0 Å². The maximum Gasteiger partial charge on any atom is 0.227 e. The largest absolute Gasteiger partial charge is 0.396 e. The van der Waals surface area contributed by atoms with Gasteiger partial charge in [0.1, 0.15) is 0 Å². The Kier molecular flexibility index (Phi) is 4.81. The van der Waals surface area contributed by atoms with Crippen molar-refractivity contribution < 1.29 is 9.90 Å². The van der Waals surface area contributed by atoms with Gasteiger partial charge < -0.3 is 10.4 Å². The first-order valence-corrected chi connectivity index (χ1v) is 7.55. The Balaban J connectivity index is 2.05. The van der Waals surface area contributed by atoms with E-state index >= 15 is 0 Å². The van der Waals surface area contributed by atoms with Crippen molar-refractivity contribution in [2.45, 2.75) is 39.0 Å². The zero-order valence-corrected chi connectivity index (χ0v) is 12.4. The molecule has 1 aromatic carbocycles. The van der Waals surface area contributed by atoms with Crippen LogP contribution in [0.1, 0.15) is 44.6 Å². The molecule has 20 heavy (non-hydrogen) atoms. The first kappa shape index (κ1) is 15.0. The van der Waals surface area contributed by atoms with Crippen LogP contribution in [0.15, 0.2) is 30.3 Å². The van der Waals surface area contributed by atoms with Crippen LogP contribution in [0.3, 0.4) is 0 Å². The molecule has 2 unspecified atom stereocenters. The van der Waals surface area contributed by atoms with Gasteiger partial charge in [-0.3, -0.25) is 4.79 Å². The molecule has 0 heterocycles. The van der Waals surface area contributed by atoms with E-state index in [1.807, 2.05) is 30.3 Å². The van der Waals surface area contributed by atoms with E-state index in [4.69, 9.17) is 0 Å². The van der Waals surface area contributed by atoms with E-state index in [2.05, 4.69) is 19.2 Å². The summed E-state index contributed by atoms with van der Waals surface area (Å²) in [6, 6.07) is 9.98. The van der Waals surface area contributed by atoms with Crippen LogP contribution in [0.2, 0.25) is 0 Å². The van der Waals surface area contributed by atoms with Crippen molar-refractivity contribution in [2.75, 3.05) is 13.2 Å². The normalized spacial score (nSPS) is 19.1. The maximum absolute atomic E-state index is 12.5. The van der Waals surface area contributed by atoms with E-state index < -0.39 is 0 Å². The van der Waals surface area contributed by atoms with Gasteiger partial charge >= 0.3 is 0 Å². The van der Waals surface area contributed by atoms with E-state index in [1.54, 1.807) is 0 Å². The predicted octanol–water partition coefficient (Wildman–Crippen LogP) is 2.71. The van der Waals surface area contributed by atoms with Crippen LogP contribution >= 0.6 is 0 Å². The SMILES string of the molecule is CCC(C)C(C(=O)NCC1(CO)CC1)c1ccccc1. The van der Waals surface area contributed by atoms with Gasteiger partial charge in [0.2, 0.25) is 5.91 Å². The molecule has 3 nitrogen and oxygen atoms in total. The minimum absolute atomic E-state index is 0.0354. The fourth-order valence-corrected chi connectivity index (χ4v) is 2.59. The molecule has 0 bridgehead atoms. The number of hydrogen-bond donors (Lipinski definition) is 2. The standard InChI is InChI=1S/C17H25NO2/c1-3-13(2)15(14-7-5-4-6-8-14)16(20)18-11-17(12-19)9-10-17/h4-8,13,15,19H,3,9-12H2,1-2H3,(H,18,20). The number of hydrogen-bond acceptors (Lipinski definition) is 2. The van der Waals surface area contributed by atoms with Gasteiger partial charge in [0, 0.05) is 12.0 Å². The van der Waals surface area contributed by atoms with Gasteiger partial charge in [-0.25, -0.2) is 0 Å². The summed E-state index contributed by atoms with van der Waals surface area (Å²) in [5, 5.41) is 12.4. The Morgan fingerprint density at radius 2 is 2.00 bits per heavy atom. The van der Waals surface area contributed by atoms with Crippen LogP contribution < -0.4 is 5.32 Å². The third-order valence-electron chi connectivity index (χ3n) is 4.58. The molecule has 1 aromatic rings. The summed E-state index contributed by atoms with van der Waals surface area (Å²) in [6.07, 6.45) is 3.00. The van der Waals surface area contributed by atoms with Gasteiger partial charge in [-0.2, -0.15) is 0 Å². The highest BCUT2D eigenvalue weighted by Crippen LogP contribution is 2.44. The van der Waals surface area contributed by atoms with Crippen molar-refractivity contribution in [2.24, 2.45) is 11.3 Å². The third kappa shape index (κ3) is 3.40. The van der Waals surface area contributed by atoms with Gasteiger partial charge in [-0.15, -0.1) is 0 Å². The average molecular weight is 275 g/mol. The fraction of sp³-hybridized carbons (Fsp3) is 0.588. The molecule has 1 saturated carbocycles. The van der Waals surface area contributed by atoms with Gasteiger partial charge in [0.15, 0.2) is 0 Å². The van der Waals surface area contributed by atoms with Crippen molar-refractivity contribution in [3.63, 3.8) is 0 Å². The summed E-state index contributed by atoms with van der Waals surface area (Å²) in [6.45, 7) is 5.01. The first-order chi connectivity index (χ1) is 9.62. The molecular weight excluding hydrogens is 250 g/mol. The number of nitrogens with one attached hydrogen (secondary N) is 1. The molecule has 2 N–H and O–H groups in total. The van der Waals surface area contributed by atoms with E-state index in [1.165, 1.54) is 0 Å². The Morgan fingerprint density at radius 3 is 2.50 bits per heavy atom. The number of aliphatic hydroxyl groups is 1. The summed E-state index contributed by atoms with van der Waals surface area (Å²) in [5.74, 6) is 0.294. The van der Waals surface area contributed by atoms with E-state index in [9.17, 15) is 9.90 Å². The number of carbonyl (C=O) groups is 1. The summed E-state index contributed by atoms with van der Waals surface area (Å²) in [5.41, 5.74) is 1.04. The second-order valence-electron chi connectivity index (χ2n) is 6.15. The summed E-state index contributed by atoms with van der Waals surface area (Å²) >= 11 is 0. The fourth-order valence-electron chi connectivity index (χ4n) is 2.59. The molecule has 110 valence electrons. The maximum atomic E-state index is 12.5. The molecule has 2 atom stereocenters. The van der Waals surface area contributed by atoms with Crippen LogP contribution in [0.4, 0.5) is 0 Å². The summed E-state index contributed by atoms with van der Waals surface area (Å²) in [7, 11) is 0. The lowest BCUT2D eigenvalue weighted by Crippen LogP contribution is -2.37. The molecule has 0 aromatic heterocycles. The number of aliphatic hydroxyl groups excluding tert-OH is 1. The van der Waals surface area contributed by atoms with Crippen LogP contribution in [-0.4, -0.2) is 24.2 Å². The smallest absolute Gasteiger partial charge is 0.227 e. The molecule has 0 radical (unpaired) electrons. The van der Waals surface area contributed by atoms with Gasteiger partial charge in [-0.1, -0.05) is 50.6 Å². The Labute approximate surface area is 121 Å². The number of amides is 1. The predicted molar refractivity (Wildman–Crippen MR) is 80.4 cm³/mol. The van der Waals surface area contributed by atoms with Crippen LogP contribution in [0.25, 0.3) is 0 Å². The zero-order valence-electron chi connectivity index (χ0n) is 12.4. The third-order valence-corrected chi connectivity index (χ3v) is 4.58. The molecule has 2 rings (SSSR count). The highest BCUT2D eigenvalue weighted by atomic mass is 16.3. The first-order valence-electron chi connectivity index (χ1n) is 7.55. The van der Waals surface area contributed by atoms with Crippen molar-refractivity contribution in [1.82, 2.24) is 5.32 Å². The molecule has 3 heteroatoms. The molecule has 0 saturated heterocycles. The molecule has 1 fully saturated rings. The average Bonchev–Trinajstić information content (AvgIpc) is 3.27. The summed E-state index contributed by atoms with van der Waals surface area (Å²) < 4.78 is 0. The highest BCUT2D eigenvalue weighted by Gasteiger charge is 2.42. The van der Waals surface area contributed by atoms with E-state index in [0.29, 0.717) is 12.5 Å². The molecule has 1 aliphatic carbocycles. The lowest BCUT2D eigenvalue weighted by Gasteiger charge is -2.24. The quantitative estimate of drug-likeness (QED) is 0.804. The van der Waals surface area contributed by atoms with Crippen molar-refractivity contribution in [3.05, 3.63) is 35.9 Å². The van der Waals surface area contributed by atoms with Crippen molar-refractivity contribution in [3.8, 4) is 0 Å². The van der Waals surface area contributed by atoms with Crippen LogP contribution in [-0.2, 0) is 4.79 Å². The van der Waals surface area contributed by atoms with Gasteiger partial charge in [0.25, 0.3) is 0 Å². The molecule has 1 amide bonds. The molecule has 0 aliphatic heterocycles. The van der Waals surface area contributed by atoms with Crippen molar-refractivity contribution in [1.29, 1.82) is 0 Å². The highest BCUT2D eigenvalue weighted by molar-refractivity contribution is 5.84. The number of rotatable bonds is 7. The Morgan fingerprint density at radius 1 is 1.35 bits per heavy atom. The van der Waals surface area contributed by atoms with Gasteiger partial charge in [-0.05, 0) is 24.3 Å². The molecule has 0 spiro atoms. The van der Waals surface area contributed by atoms with Crippen LogP contribution in [0, 0.1) is 11.3 Å². The van der Waals surface area contributed by atoms with Gasteiger partial charge in [0.05, 0.1) is 12.5 Å². The number of benzene rings is 1. The lowest BCUT2D eigenvalue weighted by atomic mass is 9.84. The lowest BCUT2D eigenvalue weighted by molar-refractivity contribution is -0.124. The molecule has 1 aliphatic rings. The monoisotopic (exact) mass is 275 g/mol. The van der Waals surface area contributed by atoms with Crippen molar-refractivity contribution >= 4 is 5.91 Å². The Bertz CT molecular complexity index is 440. The topological polar surface area (TPSA) is 49.3 Å². The minimum Gasteiger partial charge on any atom is -0.396 e. The number of carbonyl (C=O) groups excluding carboxylic acids is 1. The second kappa shape index (κ2) is 6.40. The van der Waals surface area contributed by atoms with E-state index in [-0.39, 0.29) is 23.8 Å². The summed E-state index contributed by atoms with van der Waals surface area (Å²) in [4.78, 5) is 12.5. The molecular formula is C17H25NO2. The van der Waals surface area contributed by atoms with E-state index in [0.717, 1.165) is 24.8 Å².